The smallest absolute Gasteiger partial charge is 0.306 e. The Morgan fingerprint density at radius 2 is 0.909 bits per heavy atom. The molecule has 2 heterocycles. The van der Waals surface area contributed by atoms with Gasteiger partial charge in [0.25, 0.3) is 0 Å². The molecule has 0 saturated carbocycles. The van der Waals surface area contributed by atoms with Crippen molar-refractivity contribution in [1.82, 2.24) is 19.1 Å². The van der Waals surface area contributed by atoms with Gasteiger partial charge in [0.1, 0.15) is 23.1 Å². The van der Waals surface area contributed by atoms with Crippen molar-refractivity contribution in [1.29, 1.82) is 0 Å². The van der Waals surface area contributed by atoms with Crippen LogP contribution in [0.1, 0.15) is 76.3 Å². The average molecular weight is 885 g/mol. The Morgan fingerprint density at radius 1 is 0.500 bits per heavy atom. The zero-order valence-corrected chi connectivity index (χ0v) is 38.3. The molecular formula is C56H60N4O6. The standard InChI is InChI=1S/C29H32N2O3.C27H28N2O3/c1-22(2)34-28(32)16-10-5-11-19-33-25-17-18-26-27(20-25)31(21-23-12-6-3-7-13-23)29(30-26)24-14-8-4-9-15-24;1-31-26(30)15-9-4-10-18-32-23-16-17-24-25(19-23)29(20-21-11-5-2-6-12-21)27(28-24)22-13-7-3-8-14-22/h3-4,6-9,12-15,17-18,20,22H,5,10-11,16,19,21H2,1-2H3;2-3,5-8,11-14,16-17,19H,4,9-10,15,18,20H2,1H3. The van der Waals surface area contributed by atoms with Crippen molar-refractivity contribution >= 4 is 34.0 Å². The van der Waals surface area contributed by atoms with Crippen LogP contribution in [-0.4, -0.2) is 57.5 Å². The number of unbranched alkanes of at least 4 members (excludes halogenated alkanes) is 4. The summed E-state index contributed by atoms with van der Waals surface area (Å²) in [4.78, 5) is 32.7. The molecular weight excluding hydrogens is 825 g/mol. The summed E-state index contributed by atoms with van der Waals surface area (Å²) >= 11 is 0. The molecule has 6 aromatic carbocycles. The molecule has 340 valence electrons. The lowest BCUT2D eigenvalue weighted by Gasteiger charge is -2.11. The average Bonchev–Trinajstić information content (AvgIpc) is 3.89. The maximum Gasteiger partial charge on any atom is 0.306 e. The van der Waals surface area contributed by atoms with Gasteiger partial charge in [-0.3, -0.25) is 9.59 Å². The molecule has 0 atom stereocenters. The highest BCUT2D eigenvalue weighted by molar-refractivity contribution is 5.83. The zero-order chi connectivity index (χ0) is 45.9. The quantitative estimate of drug-likeness (QED) is 0.0519. The molecule has 10 heteroatoms. The second kappa shape index (κ2) is 24.2. The van der Waals surface area contributed by atoms with Crippen molar-refractivity contribution in [3.63, 3.8) is 0 Å². The van der Waals surface area contributed by atoms with Gasteiger partial charge in [-0.2, -0.15) is 0 Å². The summed E-state index contributed by atoms with van der Waals surface area (Å²) in [6.07, 6.45) is 6.16. The van der Waals surface area contributed by atoms with Gasteiger partial charge in [-0.15, -0.1) is 0 Å². The molecule has 2 aromatic heterocycles. The molecule has 0 N–H and O–H groups in total. The van der Waals surface area contributed by atoms with Crippen LogP contribution in [0.25, 0.3) is 44.8 Å². The summed E-state index contributed by atoms with van der Waals surface area (Å²) in [5.74, 6) is 3.29. The number of rotatable bonds is 21. The second-order valence-corrected chi connectivity index (χ2v) is 16.5. The number of hydrogen-bond donors (Lipinski definition) is 0. The molecule has 0 aliphatic heterocycles. The monoisotopic (exact) mass is 884 g/mol. The van der Waals surface area contributed by atoms with Crippen molar-refractivity contribution in [2.24, 2.45) is 0 Å². The normalized spacial score (nSPS) is 11.0. The third kappa shape index (κ3) is 13.4. The summed E-state index contributed by atoms with van der Waals surface area (Å²) in [5.41, 5.74) is 8.63. The molecule has 0 bridgehead atoms. The van der Waals surface area contributed by atoms with Gasteiger partial charge < -0.3 is 28.1 Å². The number of benzene rings is 6. The third-order valence-corrected chi connectivity index (χ3v) is 11.1. The fraction of sp³-hybridized carbons (Fsp3) is 0.286. The van der Waals surface area contributed by atoms with E-state index in [1.54, 1.807) is 0 Å². The Bertz CT molecular complexity index is 2730. The van der Waals surface area contributed by atoms with Crippen LogP contribution >= 0.6 is 0 Å². The van der Waals surface area contributed by atoms with Crippen LogP contribution in [0.15, 0.2) is 158 Å². The Hall–Kier alpha value is -7.20. The number of carbonyl (C=O) groups excluding carboxylic acids is 2. The number of imidazole rings is 2. The molecule has 10 nitrogen and oxygen atoms in total. The van der Waals surface area contributed by atoms with E-state index in [9.17, 15) is 9.59 Å². The fourth-order valence-electron chi connectivity index (χ4n) is 7.75. The van der Waals surface area contributed by atoms with Crippen molar-refractivity contribution in [2.45, 2.75) is 84.4 Å². The molecule has 0 aliphatic carbocycles. The Kier molecular flexibility index (Phi) is 17.1. The summed E-state index contributed by atoms with van der Waals surface area (Å²) in [6, 6.07) is 53.6. The number of hydrogen-bond acceptors (Lipinski definition) is 8. The summed E-state index contributed by atoms with van der Waals surface area (Å²) in [6.45, 7) is 6.44. The molecule has 0 saturated heterocycles. The lowest BCUT2D eigenvalue weighted by molar-refractivity contribution is -0.147. The molecule has 8 rings (SSSR count). The SMILES string of the molecule is CC(C)OC(=O)CCCCCOc1ccc2nc(-c3ccccc3)n(Cc3ccccc3)c2c1.COC(=O)CCCCCOc1ccc2nc(-c3ccccc3)n(Cc3ccccc3)c2c1. The van der Waals surface area contributed by atoms with E-state index in [-0.39, 0.29) is 18.0 Å². The highest BCUT2D eigenvalue weighted by atomic mass is 16.5. The largest absolute Gasteiger partial charge is 0.494 e. The number of carbonyl (C=O) groups is 2. The molecule has 66 heavy (non-hydrogen) atoms. The predicted octanol–water partition coefficient (Wildman–Crippen LogP) is 12.5. The first-order chi connectivity index (χ1) is 32.3. The molecule has 0 amide bonds. The van der Waals surface area contributed by atoms with Gasteiger partial charge in [0.15, 0.2) is 0 Å². The van der Waals surface area contributed by atoms with Gasteiger partial charge in [0, 0.05) is 49.2 Å². The molecule has 0 radical (unpaired) electrons. The van der Waals surface area contributed by atoms with Gasteiger partial charge in [0.2, 0.25) is 0 Å². The third-order valence-electron chi connectivity index (χ3n) is 11.1. The topological polar surface area (TPSA) is 107 Å². The van der Waals surface area contributed by atoms with E-state index in [4.69, 9.17) is 24.2 Å². The Labute approximate surface area is 388 Å². The molecule has 0 spiro atoms. The van der Waals surface area contributed by atoms with Crippen LogP contribution in [0.2, 0.25) is 0 Å². The van der Waals surface area contributed by atoms with E-state index >= 15 is 0 Å². The van der Waals surface area contributed by atoms with Crippen LogP contribution in [0.5, 0.6) is 11.5 Å². The van der Waals surface area contributed by atoms with E-state index in [2.05, 4.69) is 98.8 Å². The van der Waals surface area contributed by atoms with Crippen molar-refractivity contribution in [2.75, 3.05) is 20.3 Å². The minimum Gasteiger partial charge on any atom is -0.494 e. The summed E-state index contributed by atoms with van der Waals surface area (Å²) in [7, 11) is 1.42. The predicted molar refractivity (Wildman–Crippen MR) is 263 cm³/mol. The molecule has 0 unspecified atom stereocenters. The van der Waals surface area contributed by atoms with Crippen LogP contribution in [0.3, 0.4) is 0 Å². The second-order valence-electron chi connectivity index (χ2n) is 16.5. The van der Waals surface area contributed by atoms with E-state index in [1.165, 1.54) is 18.2 Å². The lowest BCUT2D eigenvalue weighted by Crippen LogP contribution is -2.11. The van der Waals surface area contributed by atoms with Crippen LogP contribution in [0.4, 0.5) is 0 Å². The molecule has 0 fully saturated rings. The van der Waals surface area contributed by atoms with Gasteiger partial charge in [-0.25, -0.2) is 9.97 Å². The first-order valence-electron chi connectivity index (χ1n) is 23.1. The Morgan fingerprint density at radius 3 is 1.32 bits per heavy atom. The first kappa shape index (κ1) is 46.8. The highest BCUT2D eigenvalue weighted by Crippen LogP contribution is 2.30. The summed E-state index contributed by atoms with van der Waals surface area (Å²) in [5, 5.41) is 0. The first-order valence-corrected chi connectivity index (χ1v) is 23.1. The lowest BCUT2D eigenvalue weighted by atomic mass is 10.2. The number of esters is 2. The Balaban J connectivity index is 0.000000197. The van der Waals surface area contributed by atoms with Crippen molar-refractivity contribution in [3.8, 4) is 34.3 Å². The van der Waals surface area contributed by atoms with E-state index in [1.807, 2.05) is 86.6 Å². The van der Waals surface area contributed by atoms with Gasteiger partial charge in [0.05, 0.1) is 48.5 Å². The van der Waals surface area contributed by atoms with Crippen LogP contribution in [0, 0.1) is 0 Å². The van der Waals surface area contributed by atoms with E-state index in [0.717, 1.165) is 108 Å². The minimum atomic E-state index is -0.155. The van der Waals surface area contributed by atoms with Crippen LogP contribution < -0.4 is 9.47 Å². The van der Waals surface area contributed by atoms with Crippen LogP contribution in [-0.2, 0) is 32.2 Å². The maximum absolute atomic E-state index is 11.6. The van der Waals surface area contributed by atoms with Gasteiger partial charge in [-0.05, 0) is 87.8 Å². The minimum absolute atomic E-state index is 0.0523. The van der Waals surface area contributed by atoms with E-state index < -0.39 is 0 Å². The summed E-state index contributed by atoms with van der Waals surface area (Å²) < 4.78 is 26.4. The number of ether oxygens (including phenoxy) is 4. The number of methoxy groups -OCH3 is 1. The fourth-order valence-corrected chi connectivity index (χ4v) is 7.75. The number of nitrogens with zero attached hydrogens (tertiary/aromatic N) is 4. The number of fused-ring (bicyclic) bond motifs is 2. The highest BCUT2D eigenvalue weighted by Gasteiger charge is 2.16. The van der Waals surface area contributed by atoms with Crippen molar-refractivity contribution < 1.29 is 28.5 Å². The van der Waals surface area contributed by atoms with Crippen molar-refractivity contribution in [3.05, 3.63) is 169 Å². The molecule has 8 aromatic rings. The number of aromatic nitrogens is 4. The maximum atomic E-state index is 11.6. The van der Waals surface area contributed by atoms with Gasteiger partial charge in [-0.1, -0.05) is 121 Å². The van der Waals surface area contributed by atoms with E-state index in [0.29, 0.717) is 26.1 Å². The zero-order valence-electron chi connectivity index (χ0n) is 38.3. The van der Waals surface area contributed by atoms with Gasteiger partial charge >= 0.3 is 11.9 Å². The molecule has 0 aliphatic rings.